The third-order valence-corrected chi connectivity index (χ3v) is 3.93. The number of benzene rings is 2. The number of hydrogen-bond acceptors (Lipinski definition) is 3. The maximum absolute atomic E-state index is 13.2. The van der Waals surface area contributed by atoms with E-state index in [1.54, 1.807) is 41.3 Å². The Morgan fingerprint density at radius 2 is 2.04 bits per heavy atom. The molecule has 1 aliphatic heterocycles. The summed E-state index contributed by atoms with van der Waals surface area (Å²) in [6.45, 7) is 0.548. The van der Waals surface area contributed by atoms with Gasteiger partial charge in [0.1, 0.15) is 5.82 Å². The monoisotopic (exact) mass is 325 g/mol. The Bertz CT molecular complexity index is 829. The van der Waals surface area contributed by atoms with Crippen LogP contribution in [-0.4, -0.2) is 25.5 Å². The largest absolute Gasteiger partial charge is 0.465 e. The summed E-state index contributed by atoms with van der Waals surface area (Å²) in [7, 11) is 1.34. The topological polar surface area (TPSA) is 46.6 Å². The first kappa shape index (κ1) is 15.9. The number of hydrogen-bond donors (Lipinski definition) is 0. The fraction of sp³-hybridized carbons (Fsp3) is 0.158. The maximum Gasteiger partial charge on any atom is 0.337 e. The lowest BCUT2D eigenvalue weighted by molar-refractivity contribution is -0.114. The van der Waals surface area contributed by atoms with E-state index in [9.17, 15) is 14.0 Å². The molecule has 4 nitrogen and oxygen atoms in total. The van der Waals surface area contributed by atoms with E-state index in [2.05, 4.69) is 0 Å². The third kappa shape index (κ3) is 3.20. The van der Waals surface area contributed by atoms with Crippen LogP contribution >= 0.6 is 0 Å². The number of ether oxygens (including phenoxy) is 1. The number of rotatable bonds is 3. The summed E-state index contributed by atoms with van der Waals surface area (Å²) in [5.41, 5.74) is 2.83. The smallest absolute Gasteiger partial charge is 0.337 e. The highest BCUT2D eigenvalue weighted by Crippen LogP contribution is 2.29. The van der Waals surface area contributed by atoms with E-state index in [1.807, 2.05) is 0 Å². The summed E-state index contributed by atoms with van der Waals surface area (Å²) in [5.74, 6) is -0.913. The molecular weight excluding hydrogens is 309 g/mol. The van der Waals surface area contributed by atoms with Gasteiger partial charge >= 0.3 is 5.97 Å². The predicted octanol–water partition coefficient (Wildman–Crippen LogP) is 3.21. The van der Waals surface area contributed by atoms with Crippen LogP contribution in [0.5, 0.6) is 0 Å². The Balaban J connectivity index is 1.78. The molecule has 0 aliphatic carbocycles. The van der Waals surface area contributed by atoms with E-state index in [0.29, 0.717) is 24.1 Å². The van der Waals surface area contributed by atoms with Crippen molar-refractivity contribution >= 4 is 23.6 Å². The Morgan fingerprint density at radius 3 is 2.79 bits per heavy atom. The number of halogens is 1. The summed E-state index contributed by atoms with van der Waals surface area (Å²) in [6.07, 6.45) is 3.70. The van der Waals surface area contributed by atoms with Crippen LogP contribution in [0.2, 0.25) is 0 Å². The average Bonchev–Trinajstić information content (AvgIpc) is 3.02. The first-order valence-corrected chi connectivity index (χ1v) is 7.55. The standard InChI is InChI=1S/C19H16FNO3/c1-24-19(23)15-6-7-17-14(12-15)9-10-21(17)18(22)8-5-13-3-2-4-16(20)11-13/h2-8,11-12H,9-10H2,1H3/b8-5+. The van der Waals surface area contributed by atoms with Crippen molar-refractivity contribution in [2.75, 3.05) is 18.6 Å². The van der Waals surface area contributed by atoms with E-state index in [-0.39, 0.29) is 11.7 Å². The second-order valence-corrected chi connectivity index (χ2v) is 5.46. The van der Waals surface area contributed by atoms with Crippen LogP contribution in [-0.2, 0) is 16.0 Å². The number of amides is 1. The van der Waals surface area contributed by atoms with E-state index in [4.69, 9.17) is 4.74 Å². The van der Waals surface area contributed by atoms with E-state index < -0.39 is 5.97 Å². The molecule has 0 aromatic heterocycles. The molecule has 0 unspecified atom stereocenters. The fourth-order valence-corrected chi connectivity index (χ4v) is 2.74. The van der Waals surface area contributed by atoms with Gasteiger partial charge in [0.25, 0.3) is 5.91 Å². The SMILES string of the molecule is COC(=O)c1ccc2c(c1)CCN2C(=O)/C=C/c1cccc(F)c1. The molecule has 0 fully saturated rings. The van der Waals surface area contributed by atoms with Crippen molar-refractivity contribution in [1.82, 2.24) is 0 Å². The van der Waals surface area contributed by atoms with Gasteiger partial charge in [0.2, 0.25) is 0 Å². The number of methoxy groups -OCH3 is 1. The van der Waals surface area contributed by atoms with Crippen LogP contribution in [0.1, 0.15) is 21.5 Å². The molecule has 3 rings (SSSR count). The molecule has 0 atom stereocenters. The molecule has 1 amide bonds. The van der Waals surface area contributed by atoms with Crippen molar-refractivity contribution in [2.24, 2.45) is 0 Å². The van der Waals surface area contributed by atoms with Gasteiger partial charge in [0.05, 0.1) is 12.7 Å². The first-order valence-electron chi connectivity index (χ1n) is 7.55. The van der Waals surface area contributed by atoms with Gasteiger partial charge in [-0.3, -0.25) is 4.79 Å². The Morgan fingerprint density at radius 1 is 1.21 bits per heavy atom. The summed E-state index contributed by atoms with van der Waals surface area (Å²) >= 11 is 0. The Hall–Kier alpha value is -2.95. The van der Waals surface area contributed by atoms with Crippen molar-refractivity contribution < 1.29 is 18.7 Å². The minimum Gasteiger partial charge on any atom is -0.465 e. The highest BCUT2D eigenvalue weighted by atomic mass is 19.1. The number of nitrogens with zero attached hydrogens (tertiary/aromatic N) is 1. The van der Waals surface area contributed by atoms with Crippen LogP contribution in [0.25, 0.3) is 6.08 Å². The van der Waals surface area contributed by atoms with Gasteiger partial charge in [0, 0.05) is 18.3 Å². The second kappa shape index (κ2) is 6.66. The van der Waals surface area contributed by atoms with Crippen molar-refractivity contribution in [3.8, 4) is 0 Å². The lowest BCUT2D eigenvalue weighted by Crippen LogP contribution is -2.26. The quantitative estimate of drug-likeness (QED) is 0.643. The number of fused-ring (bicyclic) bond motifs is 1. The molecule has 2 aromatic rings. The Kier molecular flexibility index (Phi) is 4.42. The van der Waals surface area contributed by atoms with E-state index in [1.165, 1.54) is 25.3 Å². The number of esters is 1. The van der Waals surface area contributed by atoms with Crippen molar-refractivity contribution in [2.45, 2.75) is 6.42 Å². The maximum atomic E-state index is 13.2. The minimum atomic E-state index is -0.395. The first-order chi connectivity index (χ1) is 11.6. The van der Waals surface area contributed by atoms with Crippen molar-refractivity contribution in [1.29, 1.82) is 0 Å². The molecule has 0 N–H and O–H groups in total. The van der Waals surface area contributed by atoms with Crippen molar-refractivity contribution in [3.05, 3.63) is 71.0 Å². The second-order valence-electron chi connectivity index (χ2n) is 5.46. The Labute approximate surface area is 139 Å². The molecule has 0 bridgehead atoms. The molecule has 0 spiro atoms. The number of carbonyl (C=O) groups is 2. The minimum absolute atomic E-state index is 0.177. The van der Waals surface area contributed by atoms with Gasteiger partial charge in [-0.15, -0.1) is 0 Å². The summed E-state index contributed by atoms with van der Waals surface area (Å²) in [6, 6.07) is 11.2. The molecular formula is C19H16FNO3. The van der Waals surface area contributed by atoms with Gasteiger partial charge in [-0.1, -0.05) is 12.1 Å². The van der Waals surface area contributed by atoms with Crippen molar-refractivity contribution in [3.63, 3.8) is 0 Å². The highest BCUT2D eigenvalue weighted by molar-refractivity contribution is 6.05. The third-order valence-electron chi connectivity index (χ3n) is 3.93. The highest BCUT2D eigenvalue weighted by Gasteiger charge is 2.24. The number of anilines is 1. The van der Waals surface area contributed by atoms with Gasteiger partial charge < -0.3 is 9.64 Å². The van der Waals surface area contributed by atoms with E-state index >= 15 is 0 Å². The average molecular weight is 325 g/mol. The van der Waals surface area contributed by atoms with E-state index in [0.717, 1.165) is 11.3 Å². The molecule has 0 radical (unpaired) electrons. The molecule has 24 heavy (non-hydrogen) atoms. The molecule has 0 saturated carbocycles. The van der Waals surface area contributed by atoms with Crippen LogP contribution in [0.4, 0.5) is 10.1 Å². The zero-order valence-corrected chi connectivity index (χ0v) is 13.2. The molecule has 122 valence electrons. The fourth-order valence-electron chi connectivity index (χ4n) is 2.74. The molecule has 2 aromatic carbocycles. The van der Waals surface area contributed by atoms with Crippen LogP contribution in [0.15, 0.2) is 48.5 Å². The van der Waals surface area contributed by atoms with Gasteiger partial charge in [-0.25, -0.2) is 9.18 Å². The lowest BCUT2D eigenvalue weighted by atomic mass is 10.1. The van der Waals surface area contributed by atoms with Crippen LogP contribution in [0.3, 0.4) is 0 Å². The summed E-state index contributed by atoms with van der Waals surface area (Å²) in [4.78, 5) is 25.6. The van der Waals surface area contributed by atoms with Crippen LogP contribution in [0, 0.1) is 5.82 Å². The van der Waals surface area contributed by atoms with Gasteiger partial charge in [-0.2, -0.15) is 0 Å². The molecule has 5 heteroatoms. The van der Waals surface area contributed by atoms with Gasteiger partial charge in [-0.05, 0) is 54.0 Å². The zero-order valence-electron chi connectivity index (χ0n) is 13.2. The zero-order chi connectivity index (χ0) is 17.1. The molecule has 1 heterocycles. The summed E-state index contributed by atoms with van der Waals surface area (Å²) < 4.78 is 17.9. The van der Waals surface area contributed by atoms with Crippen LogP contribution < -0.4 is 4.90 Å². The normalized spacial score (nSPS) is 13.2. The molecule has 0 saturated heterocycles. The summed E-state index contributed by atoms with van der Waals surface area (Å²) in [5, 5.41) is 0. The number of carbonyl (C=O) groups excluding carboxylic acids is 2. The van der Waals surface area contributed by atoms with Gasteiger partial charge in [0.15, 0.2) is 0 Å². The molecule has 1 aliphatic rings. The lowest BCUT2D eigenvalue weighted by Gasteiger charge is -2.15. The predicted molar refractivity (Wildman–Crippen MR) is 89.3 cm³/mol.